The fourth-order valence-corrected chi connectivity index (χ4v) is 2.44. The van der Waals surface area contributed by atoms with Gasteiger partial charge in [-0.2, -0.15) is 0 Å². The van der Waals surface area contributed by atoms with Crippen LogP contribution in [0.5, 0.6) is 5.75 Å². The summed E-state index contributed by atoms with van der Waals surface area (Å²) >= 11 is 0. The molecule has 0 aliphatic rings. The molecule has 2 N–H and O–H groups in total. The fraction of sp³-hybridized carbons (Fsp3) is 0.526. The normalized spacial score (nSPS) is 12.8. The largest absolute Gasteiger partial charge is 0.497 e. The number of nitrogens with zero attached hydrogens (tertiary/aromatic N) is 1. The second-order valence-corrected chi connectivity index (χ2v) is 6.40. The van der Waals surface area contributed by atoms with E-state index in [9.17, 15) is 14.4 Å². The van der Waals surface area contributed by atoms with Gasteiger partial charge in [-0.05, 0) is 37.2 Å². The van der Waals surface area contributed by atoms with Crippen LogP contribution in [0.25, 0.3) is 0 Å². The number of nitrogens with one attached hydrogen (secondary N) is 2. The van der Waals surface area contributed by atoms with E-state index in [4.69, 9.17) is 9.47 Å². The minimum atomic E-state index is -0.700. The van der Waals surface area contributed by atoms with Crippen molar-refractivity contribution in [2.45, 2.75) is 26.3 Å². The van der Waals surface area contributed by atoms with Crippen LogP contribution in [0.3, 0.4) is 0 Å². The van der Waals surface area contributed by atoms with Crippen LogP contribution in [0.15, 0.2) is 24.3 Å². The van der Waals surface area contributed by atoms with Crippen molar-refractivity contribution in [3.8, 4) is 5.75 Å². The molecule has 8 heteroatoms. The summed E-state index contributed by atoms with van der Waals surface area (Å²) in [6, 6.07) is 6.25. The predicted molar refractivity (Wildman–Crippen MR) is 103 cm³/mol. The Morgan fingerprint density at radius 3 is 2.19 bits per heavy atom. The highest BCUT2D eigenvalue weighted by Crippen LogP contribution is 2.14. The van der Waals surface area contributed by atoms with E-state index in [1.165, 1.54) is 7.11 Å². The van der Waals surface area contributed by atoms with Gasteiger partial charge in [0.25, 0.3) is 0 Å². The number of hydrogen-bond donors (Lipinski definition) is 2. The molecule has 2 amide bonds. The molecule has 0 aliphatic carbocycles. The number of carbonyl (C=O) groups is 3. The number of carbonyl (C=O) groups excluding carboxylic acids is 3. The Bertz CT molecular complexity index is 633. The lowest BCUT2D eigenvalue weighted by Gasteiger charge is -2.23. The summed E-state index contributed by atoms with van der Waals surface area (Å²) in [5.74, 6) is -0.418. The maximum absolute atomic E-state index is 12.2. The molecule has 0 heterocycles. The van der Waals surface area contributed by atoms with Crippen molar-refractivity contribution in [3.05, 3.63) is 24.3 Å². The van der Waals surface area contributed by atoms with Gasteiger partial charge in [-0.25, -0.2) is 4.79 Å². The van der Waals surface area contributed by atoms with Crippen LogP contribution in [0.2, 0.25) is 0 Å². The summed E-state index contributed by atoms with van der Waals surface area (Å²) in [6.45, 7) is 3.82. The molecule has 0 unspecified atom stereocenters. The molecule has 1 aromatic carbocycles. The van der Waals surface area contributed by atoms with E-state index in [0.29, 0.717) is 11.4 Å². The number of likely N-dealkylation sites (N-methyl/N-ethyl adjacent to an activating group) is 1. The van der Waals surface area contributed by atoms with E-state index in [2.05, 4.69) is 10.6 Å². The highest BCUT2D eigenvalue weighted by atomic mass is 16.5. The van der Waals surface area contributed by atoms with E-state index in [-0.39, 0.29) is 30.8 Å². The van der Waals surface area contributed by atoms with Crippen LogP contribution in [-0.2, 0) is 19.1 Å². The Kier molecular flexibility index (Phi) is 9.29. The van der Waals surface area contributed by atoms with Crippen molar-refractivity contribution in [3.63, 3.8) is 0 Å². The predicted octanol–water partition coefficient (Wildman–Crippen LogP) is 1.27. The van der Waals surface area contributed by atoms with Gasteiger partial charge in [-0.3, -0.25) is 14.5 Å². The molecule has 0 aromatic heterocycles. The molecule has 0 saturated heterocycles. The minimum Gasteiger partial charge on any atom is -0.497 e. The van der Waals surface area contributed by atoms with Crippen molar-refractivity contribution < 1.29 is 23.9 Å². The lowest BCUT2D eigenvalue weighted by molar-refractivity contribution is -0.146. The third-order valence-corrected chi connectivity index (χ3v) is 4.19. The molecule has 150 valence electrons. The van der Waals surface area contributed by atoms with Gasteiger partial charge in [0.05, 0.1) is 27.3 Å². The zero-order valence-corrected chi connectivity index (χ0v) is 16.6. The van der Waals surface area contributed by atoms with Gasteiger partial charge in [0, 0.05) is 5.69 Å². The van der Waals surface area contributed by atoms with Crippen LogP contribution in [0, 0.1) is 5.92 Å². The molecule has 0 bridgehead atoms. The summed E-state index contributed by atoms with van der Waals surface area (Å²) in [4.78, 5) is 37.7. The molecule has 1 rings (SSSR count). The molecule has 0 aliphatic heterocycles. The fourth-order valence-electron chi connectivity index (χ4n) is 2.44. The summed E-state index contributed by atoms with van der Waals surface area (Å²) in [5, 5.41) is 5.44. The van der Waals surface area contributed by atoms with Gasteiger partial charge in [0.1, 0.15) is 11.8 Å². The summed E-state index contributed by atoms with van der Waals surface area (Å²) in [5.41, 5.74) is 0.640. The van der Waals surface area contributed by atoms with Crippen LogP contribution < -0.4 is 15.4 Å². The molecule has 27 heavy (non-hydrogen) atoms. The molecule has 0 fully saturated rings. The molecule has 0 saturated carbocycles. The van der Waals surface area contributed by atoms with Gasteiger partial charge >= 0.3 is 5.97 Å². The SMILES string of the molecule is CC[C@@H](C)[C@@H](NC(=O)CN(C)CC(=O)Nc1ccc(OC)cc1)C(=O)OC. The Morgan fingerprint density at radius 2 is 1.67 bits per heavy atom. The third-order valence-electron chi connectivity index (χ3n) is 4.19. The first kappa shape index (κ1) is 22.4. The van der Waals surface area contributed by atoms with E-state index in [1.54, 1.807) is 43.3 Å². The van der Waals surface area contributed by atoms with Crippen molar-refractivity contribution in [2.75, 3.05) is 39.7 Å². The van der Waals surface area contributed by atoms with Gasteiger partial charge in [0.15, 0.2) is 0 Å². The second kappa shape index (κ2) is 11.2. The van der Waals surface area contributed by atoms with Crippen molar-refractivity contribution >= 4 is 23.5 Å². The first-order valence-electron chi connectivity index (χ1n) is 8.80. The summed E-state index contributed by atoms with van der Waals surface area (Å²) in [7, 11) is 4.52. The number of rotatable bonds is 10. The molecule has 2 atom stereocenters. The van der Waals surface area contributed by atoms with Crippen LogP contribution in [0.4, 0.5) is 5.69 Å². The van der Waals surface area contributed by atoms with Crippen LogP contribution >= 0.6 is 0 Å². The topological polar surface area (TPSA) is 97.0 Å². The molecular weight excluding hydrogens is 350 g/mol. The van der Waals surface area contributed by atoms with Crippen molar-refractivity contribution in [2.24, 2.45) is 5.92 Å². The third kappa shape index (κ3) is 7.65. The van der Waals surface area contributed by atoms with Crippen LogP contribution in [-0.4, -0.2) is 63.1 Å². The molecule has 0 radical (unpaired) electrons. The zero-order chi connectivity index (χ0) is 20.4. The molecular formula is C19H29N3O5. The molecule has 8 nitrogen and oxygen atoms in total. The monoisotopic (exact) mass is 379 g/mol. The zero-order valence-electron chi connectivity index (χ0n) is 16.6. The number of amides is 2. The number of anilines is 1. The maximum atomic E-state index is 12.2. The number of hydrogen-bond acceptors (Lipinski definition) is 6. The summed E-state index contributed by atoms with van der Waals surface area (Å²) in [6.07, 6.45) is 0.722. The lowest BCUT2D eigenvalue weighted by Crippen LogP contribution is -2.49. The Morgan fingerprint density at radius 1 is 1.07 bits per heavy atom. The van der Waals surface area contributed by atoms with Crippen LogP contribution in [0.1, 0.15) is 20.3 Å². The number of ether oxygens (including phenoxy) is 2. The van der Waals surface area contributed by atoms with E-state index < -0.39 is 12.0 Å². The standard InChI is InChI=1S/C19H29N3O5/c1-6-13(2)18(19(25)27-5)21-17(24)12-22(3)11-16(23)20-14-7-9-15(26-4)10-8-14/h7-10,13,18H,6,11-12H2,1-5H3,(H,20,23)(H,21,24)/t13-,18-/m1/s1. The lowest BCUT2D eigenvalue weighted by atomic mass is 9.99. The Labute approximate surface area is 160 Å². The maximum Gasteiger partial charge on any atom is 0.328 e. The van der Waals surface area contributed by atoms with E-state index >= 15 is 0 Å². The molecule has 0 spiro atoms. The van der Waals surface area contributed by atoms with Crippen molar-refractivity contribution in [1.82, 2.24) is 10.2 Å². The summed E-state index contributed by atoms with van der Waals surface area (Å²) < 4.78 is 9.81. The Balaban J connectivity index is 2.51. The molecule has 1 aromatic rings. The first-order valence-corrected chi connectivity index (χ1v) is 8.80. The average Bonchev–Trinajstić information content (AvgIpc) is 2.65. The quantitative estimate of drug-likeness (QED) is 0.594. The van der Waals surface area contributed by atoms with E-state index in [0.717, 1.165) is 6.42 Å². The average molecular weight is 379 g/mol. The van der Waals surface area contributed by atoms with Gasteiger partial charge < -0.3 is 20.1 Å². The first-order chi connectivity index (χ1) is 12.8. The number of benzene rings is 1. The highest BCUT2D eigenvalue weighted by Gasteiger charge is 2.27. The Hall–Kier alpha value is -2.61. The minimum absolute atomic E-state index is 0.0139. The van der Waals surface area contributed by atoms with Crippen molar-refractivity contribution in [1.29, 1.82) is 0 Å². The highest BCUT2D eigenvalue weighted by molar-refractivity contribution is 5.92. The van der Waals surface area contributed by atoms with Gasteiger partial charge in [0.2, 0.25) is 11.8 Å². The second-order valence-electron chi connectivity index (χ2n) is 6.40. The van der Waals surface area contributed by atoms with Gasteiger partial charge in [-0.15, -0.1) is 0 Å². The smallest absolute Gasteiger partial charge is 0.328 e. The van der Waals surface area contributed by atoms with E-state index in [1.807, 2.05) is 13.8 Å². The number of methoxy groups -OCH3 is 2. The number of esters is 1. The van der Waals surface area contributed by atoms with Gasteiger partial charge in [-0.1, -0.05) is 20.3 Å².